The number of halogens is 7. The summed E-state index contributed by atoms with van der Waals surface area (Å²) in [5, 5.41) is 5.38. The summed E-state index contributed by atoms with van der Waals surface area (Å²) in [5.74, 6) is -7.20. The maximum Gasteiger partial charge on any atom is 0.435 e. The van der Waals surface area contributed by atoms with E-state index in [0.29, 0.717) is 18.2 Å². The zero-order valence-electron chi connectivity index (χ0n) is 14.4. The van der Waals surface area contributed by atoms with Gasteiger partial charge in [0.15, 0.2) is 23.1 Å². The zero-order valence-corrected chi connectivity index (χ0v) is 14.4. The molecule has 4 nitrogen and oxygen atoms in total. The largest absolute Gasteiger partial charge is 0.435 e. The van der Waals surface area contributed by atoms with Crippen molar-refractivity contribution >= 4 is 11.6 Å². The van der Waals surface area contributed by atoms with Crippen LogP contribution in [0.3, 0.4) is 0 Å². The minimum absolute atomic E-state index is 0.167. The quantitative estimate of drug-likeness (QED) is 0.486. The van der Waals surface area contributed by atoms with Crippen LogP contribution in [0.2, 0.25) is 0 Å². The van der Waals surface area contributed by atoms with Gasteiger partial charge < -0.3 is 5.32 Å². The van der Waals surface area contributed by atoms with E-state index in [1.807, 2.05) is 0 Å². The SMILES string of the molecule is Cn1nc(C(F)(F)F)cc1-c1ccc(NC(=O)c2ccc(F)c(F)c2F)cc1F. The van der Waals surface area contributed by atoms with Gasteiger partial charge in [-0.25, -0.2) is 17.6 Å². The third kappa shape index (κ3) is 3.93. The van der Waals surface area contributed by atoms with Crippen molar-refractivity contribution in [1.29, 1.82) is 0 Å². The third-order valence-electron chi connectivity index (χ3n) is 3.95. The second kappa shape index (κ2) is 7.22. The van der Waals surface area contributed by atoms with Gasteiger partial charge in [0.2, 0.25) is 0 Å². The Balaban J connectivity index is 1.88. The van der Waals surface area contributed by atoms with Crippen molar-refractivity contribution in [2.24, 2.45) is 7.05 Å². The van der Waals surface area contributed by atoms with Gasteiger partial charge in [-0.05, 0) is 36.4 Å². The molecular weight excluding hydrogens is 407 g/mol. The molecule has 29 heavy (non-hydrogen) atoms. The van der Waals surface area contributed by atoms with E-state index in [2.05, 4.69) is 10.4 Å². The molecule has 152 valence electrons. The summed E-state index contributed by atoms with van der Waals surface area (Å²) >= 11 is 0. The first-order valence-electron chi connectivity index (χ1n) is 7.85. The molecule has 0 saturated heterocycles. The molecule has 1 N–H and O–H groups in total. The van der Waals surface area contributed by atoms with Crippen molar-refractivity contribution in [2.45, 2.75) is 6.18 Å². The minimum atomic E-state index is -4.71. The van der Waals surface area contributed by atoms with E-state index in [-0.39, 0.29) is 16.9 Å². The van der Waals surface area contributed by atoms with Crippen LogP contribution in [0.4, 0.5) is 36.4 Å². The molecule has 0 fully saturated rings. The number of hydrogen-bond donors (Lipinski definition) is 1. The number of carbonyl (C=O) groups is 1. The van der Waals surface area contributed by atoms with Crippen molar-refractivity contribution in [3.8, 4) is 11.3 Å². The monoisotopic (exact) mass is 417 g/mol. The number of anilines is 1. The van der Waals surface area contributed by atoms with Crippen LogP contribution in [0.25, 0.3) is 11.3 Å². The Bertz CT molecular complexity index is 1110. The van der Waals surface area contributed by atoms with E-state index in [1.165, 1.54) is 7.05 Å². The van der Waals surface area contributed by atoms with Gasteiger partial charge in [-0.3, -0.25) is 9.48 Å². The molecule has 3 rings (SSSR count). The van der Waals surface area contributed by atoms with Gasteiger partial charge in [0.1, 0.15) is 5.82 Å². The van der Waals surface area contributed by atoms with Gasteiger partial charge in [0.05, 0.1) is 11.3 Å². The van der Waals surface area contributed by atoms with Crippen LogP contribution in [-0.4, -0.2) is 15.7 Å². The van der Waals surface area contributed by atoms with Gasteiger partial charge in [-0.2, -0.15) is 18.3 Å². The van der Waals surface area contributed by atoms with Crippen molar-refractivity contribution in [2.75, 3.05) is 5.32 Å². The number of aromatic nitrogens is 2. The molecule has 1 amide bonds. The fourth-order valence-electron chi connectivity index (χ4n) is 2.56. The molecule has 0 spiro atoms. The van der Waals surface area contributed by atoms with E-state index < -0.39 is 46.6 Å². The molecule has 3 aromatic rings. The zero-order chi connectivity index (χ0) is 21.5. The first-order valence-corrected chi connectivity index (χ1v) is 7.85. The smallest absolute Gasteiger partial charge is 0.322 e. The normalized spacial score (nSPS) is 11.6. The van der Waals surface area contributed by atoms with Crippen LogP contribution in [-0.2, 0) is 13.2 Å². The summed E-state index contributed by atoms with van der Waals surface area (Å²) in [5.41, 5.74) is -2.60. The van der Waals surface area contributed by atoms with Crippen LogP contribution in [0.5, 0.6) is 0 Å². The highest BCUT2D eigenvalue weighted by atomic mass is 19.4. The van der Waals surface area contributed by atoms with Gasteiger partial charge in [-0.15, -0.1) is 0 Å². The molecule has 0 unspecified atom stereocenters. The molecule has 0 aliphatic heterocycles. The highest BCUT2D eigenvalue weighted by Crippen LogP contribution is 2.33. The first kappa shape index (κ1) is 20.4. The van der Waals surface area contributed by atoms with Crippen LogP contribution < -0.4 is 5.32 Å². The molecule has 11 heteroatoms. The van der Waals surface area contributed by atoms with Gasteiger partial charge in [0.25, 0.3) is 5.91 Å². The van der Waals surface area contributed by atoms with Crippen LogP contribution in [0.15, 0.2) is 36.4 Å². The lowest BCUT2D eigenvalue weighted by Gasteiger charge is -2.09. The van der Waals surface area contributed by atoms with E-state index in [0.717, 1.165) is 22.9 Å². The van der Waals surface area contributed by atoms with E-state index in [4.69, 9.17) is 0 Å². The average molecular weight is 417 g/mol. The predicted octanol–water partition coefficient (Wildman–Crippen LogP) is 4.91. The number of carbonyl (C=O) groups excluding carboxylic acids is 1. The van der Waals surface area contributed by atoms with Gasteiger partial charge in [0, 0.05) is 18.3 Å². The second-order valence-corrected chi connectivity index (χ2v) is 5.91. The molecule has 1 aromatic heterocycles. The molecule has 0 aliphatic rings. The Morgan fingerprint density at radius 2 is 1.66 bits per heavy atom. The summed E-state index contributed by atoms with van der Waals surface area (Å²) in [6, 6.07) is 4.94. The fourth-order valence-corrected chi connectivity index (χ4v) is 2.56. The van der Waals surface area contributed by atoms with Crippen molar-refractivity contribution < 1.29 is 35.5 Å². The standard InChI is InChI=1S/C18H10F7N3O/c1-28-13(7-14(27-28)18(23,24)25)9-3-2-8(6-12(9)20)26-17(29)10-4-5-11(19)16(22)15(10)21/h2-7H,1H3,(H,26,29). The van der Waals surface area contributed by atoms with E-state index in [1.54, 1.807) is 0 Å². The van der Waals surface area contributed by atoms with Crippen molar-refractivity contribution in [3.05, 3.63) is 70.9 Å². The highest BCUT2D eigenvalue weighted by molar-refractivity contribution is 6.04. The summed E-state index contributed by atoms with van der Waals surface area (Å²) in [6.45, 7) is 0. The van der Waals surface area contributed by atoms with Crippen LogP contribution >= 0.6 is 0 Å². The number of amides is 1. The summed E-state index contributed by atoms with van der Waals surface area (Å²) in [4.78, 5) is 12.0. The molecule has 0 radical (unpaired) electrons. The van der Waals surface area contributed by atoms with Gasteiger partial charge >= 0.3 is 6.18 Å². The van der Waals surface area contributed by atoms with Crippen LogP contribution in [0.1, 0.15) is 16.1 Å². The highest BCUT2D eigenvalue weighted by Gasteiger charge is 2.35. The van der Waals surface area contributed by atoms with Crippen molar-refractivity contribution in [1.82, 2.24) is 9.78 Å². The number of nitrogens with zero attached hydrogens (tertiary/aromatic N) is 2. The Labute approximate surface area is 158 Å². The molecule has 0 bridgehead atoms. The molecule has 0 saturated carbocycles. The number of rotatable bonds is 3. The van der Waals surface area contributed by atoms with Crippen LogP contribution in [0, 0.1) is 23.3 Å². The first-order chi connectivity index (χ1) is 13.5. The Morgan fingerprint density at radius 3 is 2.24 bits per heavy atom. The number of aryl methyl sites for hydroxylation is 1. The maximum absolute atomic E-state index is 14.4. The Hall–Kier alpha value is -3.37. The summed E-state index contributed by atoms with van der Waals surface area (Å²) in [6.07, 6.45) is -4.71. The molecule has 1 heterocycles. The topological polar surface area (TPSA) is 46.9 Å². The lowest BCUT2D eigenvalue weighted by molar-refractivity contribution is -0.141. The minimum Gasteiger partial charge on any atom is -0.322 e. The maximum atomic E-state index is 14.4. The molecule has 0 aliphatic carbocycles. The fraction of sp³-hybridized carbons (Fsp3) is 0.111. The second-order valence-electron chi connectivity index (χ2n) is 5.91. The summed E-state index contributed by atoms with van der Waals surface area (Å²) in [7, 11) is 1.20. The number of nitrogens with one attached hydrogen (secondary N) is 1. The average Bonchev–Trinajstić information content (AvgIpc) is 3.02. The van der Waals surface area contributed by atoms with E-state index in [9.17, 15) is 35.5 Å². The lowest BCUT2D eigenvalue weighted by Crippen LogP contribution is -2.15. The Kier molecular flexibility index (Phi) is 5.07. The van der Waals surface area contributed by atoms with E-state index >= 15 is 0 Å². The molecule has 2 aromatic carbocycles. The molecular formula is C18H10F7N3O. The van der Waals surface area contributed by atoms with Gasteiger partial charge in [-0.1, -0.05) is 0 Å². The third-order valence-corrected chi connectivity index (χ3v) is 3.95. The Morgan fingerprint density at radius 1 is 0.966 bits per heavy atom. The van der Waals surface area contributed by atoms with Crippen molar-refractivity contribution in [3.63, 3.8) is 0 Å². The summed E-state index contributed by atoms with van der Waals surface area (Å²) < 4.78 is 93.4. The predicted molar refractivity (Wildman–Crippen MR) is 87.9 cm³/mol. The number of alkyl halides is 3. The number of hydrogen-bond acceptors (Lipinski definition) is 2. The number of benzene rings is 2. The lowest BCUT2D eigenvalue weighted by atomic mass is 10.1. The molecule has 0 atom stereocenters.